The van der Waals surface area contributed by atoms with Crippen LogP contribution in [0.1, 0.15) is 51.7 Å². The monoisotopic (exact) mass is 647 g/mol. The maximum absolute atomic E-state index is 14.3. The van der Waals surface area contributed by atoms with E-state index in [1.165, 1.54) is 17.0 Å². The van der Waals surface area contributed by atoms with E-state index in [0.29, 0.717) is 40.8 Å². The molecular formula is C32H39Cl2N3O5S. The molecule has 0 aromatic heterocycles. The molecule has 0 aliphatic heterocycles. The van der Waals surface area contributed by atoms with Gasteiger partial charge in [-0.25, -0.2) is 8.42 Å². The number of benzene rings is 3. The number of ether oxygens (including phenoxy) is 1. The molecule has 0 fully saturated rings. The van der Waals surface area contributed by atoms with E-state index in [1.807, 2.05) is 20.8 Å². The standard InChI is InChI=1S/C32H39Cl2N3O5S/c1-6-23(5)35-32(39)28(7-2)36(20-24-15-18-26(33)27(34)19-24)31(38)21-37(29-11-9-10-12-30(29)42-8-3)43(40,41)25-16-13-22(4)14-17-25/h9-19,23,28H,6-8,20-21H2,1-5H3,(H,35,39). The van der Waals surface area contributed by atoms with Crippen LogP contribution in [0.25, 0.3) is 0 Å². The molecule has 0 saturated carbocycles. The molecule has 0 aliphatic carbocycles. The topological polar surface area (TPSA) is 96.0 Å². The molecule has 3 aromatic rings. The van der Waals surface area contributed by atoms with Crippen molar-refractivity contribution in [1.29, 1.82) is 0 Å². The Bertz CT molecular complexity index is 1520. The largest absolute Gasteiger partial charge is 0.492 e. The fraction of sp³-hybridized carbons (Fsp3) is 0.375. The Morgan fingerprint density at radius 2 is 1.60 bits per heavy atom. The second-order valence-corrected chi connectivity index (χ2v) is 12.9. The normalized spacial score (nSPS) is 12.7. The summed E-state index contributed by atoms with van der Waals surface area (Å²) in [6, 6.07) is 17.1. The molecule has 0 spiro atoms. The fourth-order valence-corrected chi connectivity index (χ4v) is 6.23. The number of aryl methyl sites for hydroxylation is 1. The maximum atomic E-state index is 14.3. The average Bonchev–Trinajstić information content (AvgIpc) is 2.98. The summed E-state index contributed by atoms with van der Waals surface area (Å²) in [4.78, 5) is 29.2. The number of anilines is 1. The molecule has 3 aromatic carbocycles. The Morgan fingerprint density at radius 3 is 2.21 bits per heavy atom. The highest BCUT2D eigenvalue weighted by Gasteiger charge is 2.35. The molecule has 232 valence electrons. The van der Waals surface area contributed by atoms with Crippen LogP contribution in [0, 0.1) is 6.92 Å². The van der Waals surface area contributed by atoms with Gasteiger partial charge < -0.3 is 15.0 Å². The molecule has 43 heavy (non-hydrogen) atoms. The maximum Gasteiger partial charge on any atom is 0.264 e. The number of rotatable bonds is 14. The van der Waals surface area contributed by atoms with Crippen molar-refractivity contribution in [3.63, 3.8) is 0 Å². The predicted molar refractivity (Wildman–Crippen MR) is 172 cm³/mol. The van der Waals surface area contributed by atoms with Crippen molar-refractivity contribution in [3.8, 4) is 5.75 Å². The molecule has 0 saturated heterocycles. The van der Waals surface area contributed by atoms with Gasteiger partial charge in [-0.15, -0.1) is 0 Å². The zero-order valence-electron chi connectivity index (χ0n) is 25.1. The smallest absolute Gasteiger partial charge is 0.264 e. The summed E-state index contributed by atoms with van der Waals surface area (Å²) < 4.78 is 35.1. The minimum atomic E-state index is -4.23. The Hall–Kier alpha value is -3.27. The number of halogens is 2. The van der Waals surface area contributed by atoms with Crippen LogP contribution in [0.5, 0.6) is 5.75 Å². The summed E-state index contributed by atoms with van der Waals surface area (Å²) >= 11 is 12.4. The molecule has 2 atom stereocenters. The molecule has 3 rings (SSSR count). The van der Waals surface area contributed by atoms with Crippen molar-refractivity contribution in [2.24, 2.45) is 0 Å². The molecule has 0 aliphatic rings. The minimum Gasteiger partial charge on any atom is -0.492 e. The van der Waals surface area contributed by atoms with Crippen molar-refractivity contribution < 1.29 is 22.7 Å². The van der Waals surface area contributed by atoms with Crippen molar-refractivity contribution in [3.05, 3.63) is 87.9 Å². The summed E-state index contributed by atoms with van der Waals surface area (Å²) in [5.41, 5.74) is 1.74. The number of carbonyl (C=O) groups excluding carboxylic acids is 2. The summed E-state index contributed by atoms with van der Waals surface area (Å²) in [5, 5.41) is 3.62. The molecule has 1 N–H and O–H groups in total. The predicted octanol–water partition coefficient (Wildman–Crippen LogP) is 6.62. The molecular weight excluding hydrogens is 609 g/mol. The Labute approximate surface area is 265 Å². The number of amides is 2. The number of nitrogens with zero attached hydrogens (tertiary/aromatic N) is 2. The molecule has 2 unspecified atom stereocenters. The molecule has 0 heterocycles. The Morgan fingerprint density at radius 1 is 0.930 bits per heavy atom. The van der Waals surface area contributed by atoms with Crippen LogP contribution in [0.15, 0.2) is 71.6 Å². The van der Waals surface area contributed by atoms with Crippen LogP contribution in [0.2, 0.25) is 10.0 Å². The van der Waals surface area contributed by atoms with Crippen LogP contribution in [0.4, 0.5) is 5.69 Å². The number of sulfonamides is 1. The molecule has 0 radical (unpaired) electrons. The highest BCUT2D eigenvalue weighted by Crippen LogP contribution is 2.33. The van der Waals surface area contributed by atoms with Gasteiger partial charge in [-0.1, -0.05) is 72.9 Å². The summed E-state index contributed by atoms with van der Waals surface area (Å²) in [6.45, 7) is 9.02. The zero-order valence-corrected chi connectivity index (χ0v) is 27.5. The zero-order chi connectivity index (χ0) is 31.7. The van der Waals surface area contributed by atoms with Crippen molar-refractivity contribution in [2.75, 3.05) is 17.5 Å². The van der Waals surface area contributed by atoms with E-state index in [4.69, 9.17) is 27.9 Å². The third-order valence-corrected chi connectivity index (χ3v) is 9.56. The second-order valence-electron chi connectivity index (χ2n) is 10.2. The first-order valence-corrected chi connectivity index (χ1v) is 16.5. The van der Waals surface area contributed by atoms with E-state index in [9.17, 15) is 18.0 Å². The van der Waals surface area contributed by atoms with Crippen LogP contribution < -0.4 is 14.4 Å². The van der Waals surface area contributed by atoms with E-state index < -0.39 is 28.5 Å². The third-order valence-electron chi connectivity index (χ3n) is 7.05. The lowest BCUT2D eigenvalue weighted by Gasteiger charge is -2.34. The van der Waals surface area contributed by atoms with Gasteiger partial charge in [-0.3, -0.25) is 13.9 Å². The highest BCUT2D eigenvalue weighted by atomic mass is 35.5. The van der Waals surface area contributed by atoms with E-state index in [0.717, 1.165) is 9.87 Å². The van der Waals surface area contributed by atoms with Crippen molar-refractivity contribution in [1.82, 2.24) is 10.2 Å². The van der Waals surface area contributed by atoms with Gasteiger partial charge in [0.25, 0.3) is 10.0 Å². The number of para-hydroxylation sites is 2. The molecule has 2 amide bonds. The lowest BCUT2D eigenvalue weighted by atomic mass is 10.1. The molecule has 11 heteroatoms. The van der Waals surface area contributed by atoms with E-state index in [2.05, 4.69) is 5.32 Å². The first-order chi connectivity index (χ1) is 20.4. The van der Waals surface area contributed by atoms with Crippen molar-refractivity contribution >= 4 is 50.7 Å². The summed E-state index contributed by atoms with van der Waals surface area (Å²) in [6.07, 6.45) is 1.01. The Balaban J connectivity index is 2.12. The van der Waals surface area contributed by atoms with Crippen molar-refractivity contribution in [2.45, 2.75) is 71.0 Å². The summed E-state index contributed by atoms with van der Waals surface area (Å²) in [7, 11) is -4.23. The SMILES string of the molecule is CCOc1ccccc1N(CC(=O)N(Cc1ccc(Cl)c(Cl)c1)C(CC)C(=O)NC(C)CC)S(=O)(=O)c1ccc(C)cc1. The lowest BCUT2D eigenvalue weighted by molar-refractivity contribution is -0.140. The van der Waals surface area contributed by atoms with E-state index in [1.54, 1.807) is 68.4 Å². The van der Waals surface area contributed by atoms with Crippen LogP contribution in [-0.4, -0.2) is 50.4 Å². The van der Waals surface area contributed by atoms with Gasteiger partial charge in [0.1, 0.15) is 18.3 Å². The first kappa shape index (κ1) is 34.2. The third kappa shape index (κ3) is 8.65. The van der Waals surface area contributed by atoms with Crippen LogP contribution in [0.3, 0.4) is 0 Å². The average molecular weight is 649 g/mol. The lowest BCUT2D eigenvalue weighted by Crippen LogP contribution is -2.53. The van der Waals surface area contributed by atoms with E-state index in [-0.39, 0.29) is 29.1 Å². The van der Waals surface area contributed by atoms with Crippen LogP contribution in [-0.2, 0) is 26.2 Å². The van der Waals surface area contributed by atoms with Gasteiger partial charge in [0.2, 0.25) is 11.8 Å². The van der Waals surface area contributed by atoms with Gasteiger partial charge in [0.05, 0.1) is 27.2 Å². The Kier molecular flexibility index (Phi) is 12.3. The number of nitrogens with one attached hydrogen (secondary N) is 1. The molecule has 8 nitrogen and oxygen atoms in total. The quantitative estimate of drug-likeness (QED) is 0.212. The van der Waals surface area contributed by atoms with Gasteiger partial charge in [0.15, 0.2) is 0 Å². The second kappa shape index (κ2) is 15.5. The number of hydrogen-bond donors (Lipinski definition) is 1. The van der Waals surface area contributed by atoms with Gasteiger partial charge in [-0.2, -0.15) is 0 Å². The molecule has 0 bridgehead atoms. The van der Waals surface area contributed by atoms with Gasteiger partial charge in [-0.05, 0) is 75.6 Å². The number of carbonyl (C=O) groups is 2. The van der Waals surface area contributed by atoms with Gasteiger partial charge >= 0.3 is 0 Å². The number of hydrogen-bond acceptors (Lipinski definition) is 5. The first-order valence-electron chi connectivity index (χ1n) is 14.3. The minimum absolute atomic E-state index is 0.00762. The summed E-state index contributed by atoms with van der Waals surface area (Å²) in [5.74, 6) is -0.585. The fourth-order valence-electron chi connectivity index (χ4n) is 4.49. The van der Waals surface area contributed by atoms with Crippen LogP contribution >= 0.6 is 23.2 Å². The van der Waals surface area contributed by atoms with E-state index >= 15 is 0 Å². The highest BCUT2D eigenvalue weighted by molar-refractivity contribution is 7.92. The van der Waals surface area contributed by atoms with Gasteiger partial charge in [0, 0.05) is 12.6 Å².